The van der Waals surface area contributed by atoms with Crippen molar-refractivity contribution in [3.8, 4) is 5.88 Å². The van der Waals surface area contributed by atoms with Crippen LogP contribution in [-0.2, 0) is 4.79 Å². The van der Waals surface area contributed by atoms with Gasteiger partial charge in [0.15, 0.2) is 0 Å². The number of ether oxygens (including phenoxy) is 1. The average Bonchev–Trinajstić information content (AvgIpc) is 2.79. The van der Waals surface area contributed by atoms with Crippen molar-refractivity contribution in [1.82, 2.24) is 26.3 Å². The second-order valence-electron chi connectivity index (χ2n) is 4.62. The fraction of sp³-hybridized carbons (Fsp3) is 0.500. The Bertz CT molecular complexity index is 580. The molecule has 1 aliphatic rings. The van der Waals surface area contributed by atoms with Gasteiger partial charge in [-0.25, -0.2) is 9.42 Å². The van der Waals surface area contributed by atoms with Crippen LogP contribution in [0.4, 0.5) is 4.79 Å². The maximum absolute atomic E-state index is 12.1. The van der Waals surface area contributed by atoms with E-state index in [1.54, 1.807) is 20.8 Å². The van der Waals surface area contributed by atoms with Crippen LogP contribution in [0.15, 0.2) is 15.9 Å². The Balaban J connectivity index is 1.83. The summed E-state index contributed by atoms with van der Waals surface area (Å²) >= 11 is 0. The van der Waals surface area contributed by atoms with Crippen molar-refractivity contribution in [3.63, 3.8) is 0 Å². The lowest BCUT2D eigenvalue weighted by Crippen LogP contribution is -2.50. The molecule has 0 fully saturated rings. The first-order valence-corrected chi connectivity index (χ1v) is 6.47. The average molecular weight is 295 g/mol. The summed E-state index contributed by atoms with van der Waals surface area (Å²) in [5, 5.41) is 15.1. The van der Waals surface area contributed by atoms with E-state index < -0.39 is 0 Å². The van der Waals surface area contributed by atoms with Crippen LogP contribution in [-0.4, -0.2) is 41.4 Å². The molecule has 0 saturated carbocycles. The molecule has 0 aliphatic carbocycles. The molecule has 0 bridgehead atoms. The minimum absolute atomic E-state index is 0.237. The predicted octanol–water partition coefficient (Wildman–Crippen LogP) is -0.152. The Morgan fingerprint density at radius 3 is 2.81 bits per heavy atom. The number of hydrogen-bond donors (Lipinski definition) is 3. The van der Waals surface area contributed by atoms with E-state index in [1.807, 2.05) is 0 Å². The largest absolute Gasteiger partial charge is 0.472 e. The van der Waals surface area contributed by atoms with E-state index in [9.17, 15) is 9.59 Å². The van der Waals surface area contributed by atoms with Gasteiger partial charge in [0, 0.05) is 5.70 Å². The monoisotopic (exact) mass is 295 g/mol. The van der Waals surface area contributed by atoms with Crippen molar-refractivity contribution in [3.05, 3.63) is 17.0 Å². The van der Waals surface area contributed by atoms with Crippen LogP contribution in [0.3, 0.4) is 0 Å². The minimum atomic E-state index is -0.346. The van der Waals surface area contributed by atoms with E-state index in [1.165, 1.54) is 0 Å². The smallest absolute Gasteiger partial charge is 0.319 e. The molecule has 3 N–H and O–H groups in total. The molecule has 1 aromatic rings. The number of nitrogens with zero attached hydrogens (tertiary/aromatic N) is 2. The SMILES string of the molecule is CC1=C(C(=O)NCCOc2nonc2C)[C@@H](C)NC(=O)N1. The number of aryl methyl sites for hydroxylation is 1. The Morgan fingerprint density at radius 1 is 1.43 bits per heavy atom. The first kappa shape index (κ1) is 14.8. The summed E-state index contributed by atoms with van der Waals surface area (Å²) in [7, 11) is 0. The molecule has 9 nitrogen and oxygen atoms in total. The third-order valence-corrected chi connectivity index (χ3v) is 2.97. The number of amides is 3. The van der Waals surface area contributed by atoms with Crippen molar-refractivity contribution >= 4 is 11.9 Å². The molecule has 1 aliphatic heterocycles. The quantitative estimate of drug-likeness (QED) is 0.650. The van der Waals surface area contributed by atoms with Crippen molar-refractivity contribution in [2.75, 3.05) is 13.2 Å². The van der Waals surface area contributed by atoms with Crippen molar-refractivity contribution in [1.29, 1.82) is 0 Å². The van der Waals surface area contributed by atoms with Gasteiger partial charge in [0.1, 0.15) is 12.3 Å². The van der Waals surface area contributed by atoms with Crippen molar-refractivity contribution in [2.45, 2.75) is 26.8 Å². The summed E-state index contributed by atoms with van der Waals surface area (Å²) < 4.78 is 9.79. The lowest BCUT2D eigenvalue weighted by molar-refractivity contribution is -0.118. The zero-order valence-corrected chi connectivity index (χ0v) is 12.0. The summed E-state index contributed by atoms with van der Waals surface area (Å²) in [6.45, 7) is 5.67. The summed E-state index contributed by atoms with van der Waals surface area (Å²) in [5.74, 6) is 0.0470. The summed E-state index contributed by atoms with van der Waals surface area (Å²) in [6, 6.07) is -0.657. The van der Waals surface area contributed by atoms with Crippen LogP contribution < -0.4 is 20.7 Å². The number of nitrogens with one attached hydrogen (secondary N) is 3. The number of allylic oxidation sites excluding steroid dienone is 1. The van der Waals surface area contributed by atoms with Crippen LogP contribution in [0, 0.1) is 6.92 Å². The molecule has 0 radical (unpaired) electrons. The number of rotatable bonds is 5. The first-order valence-electron chi connectivity index (χ1n) is 6.47. The maximum atomic E-state index is 12.1. The molecular weight excluding hydrogens is 278 g/mol. The van der Waals surface area contributed by atoms with Gasteiger partial charge in [-0.1, -0.05) is 5.16 Å². The molecule has 0 unspecified atom stereocenters. The Hall–Kier alpha value is -2.58. The molecule has 21 heavy (non-hydrogen) atoms. The summed E-state index contributed by atoms with van der Waals surface area (Å²) in [4.78, 5) is 23.3. The molecular formula is C12H17N5O4. The molecule has 0 spiro atoms. The molecule has 2 heterocycles. The molecule has 0 aromatic carbocycles. The standard InChI is InChI=1S/C12H17N5O4/c1-6-9(7(2)15-12(19)14-6)10(18)13-4-5-20-11-8(3)16-21-17-11/h6H,4-5H2,1-3H3,(H,13,18)(H2,14,15,19)/t6-/m1/s1. The molecule has 2 rings (SSSR count). The number of aromatic nitrogens is 2. The minimum Gasteiger partial charge on any atom is -0.472 e. The van der Waals surface area contributed by atoms with E-state index in [0.29, 0.717) is 29.4 Å². The third kappa shape index (κ3) is 3.50. The van der Waals surface area contributed by atoms with E-state index in [2.05, 4.69) is 30.9 Å². The Labute approximate surface area is 121 Å². The molecule has 9 heteroatoms. The number of carbonyl (C=O) groups excluding carboxylic acids is 2. The summed E-state index contributed by atoms with van der Waals surface area (Å²) in [5.41, 5.74) is 1.59. The van der Waals surface area contributed by atoms with Gasteiger partial charge in [-0.05, 0) is 25.9 Å². The van der Waals surface area contributed by atoms with Gasteiger partial charge in [0.05, 0.1) is 18.2 Å². The van der Waals surface area contributed by atoms with E-state index in [4.69, 9.17) is 4.74 Å². The third-order valence-electron chi connectivity index (χ3n) is 2.97. The van der Waals surface area contributed by atoms with Gasteiger partial charge in [-0.15, -0.1) is 0 Å². The molecule has 1 aromatic heterocycles. The Morgan fingerprint density at radius 2 is 2.19 bits per heavy atom. The van der Waals surface area contributed by atoms with Crippen LogP contribution >= 0.6 is 0 Å². The van der Waals surface area contributed by atoms with Crippen LogP contribution in [0.2, 0.25) is 0 Å². The predicted molar refractivity (Wildman–Crippen MR) is 71.4 cm³/mol. The highest BCUT2D eigenvalue weighted by Gasteiger charge is 2.26. The van der Waals surface area contributed by atoms with Crippen LogP contribution in [0.5, 0.6) is 5.88 Å². The highest BCUT2D eigenvalue weighted by molar-refractivity contribution is 5.98. The van der Waals surface area contributed by atoms with E-state index >= 15 is 0 Å². The second kappa shape index (κ2) is 6.25. The fourth-order valence-electron chi connectivity index (χ4n) is 2.00. The molecule has 3 amide bonds. The normalized spacial score (nSPS) is 18.0. The number of carbonyl (C=O) groups is 2. The van der Waals surface area contributed by atoms with E-state index in [0.717, 1.165) is 0 Å². The topological polar surface area (TPSA) is 118 Å². The maximum Gasteiger partial charge on any atom is 0.319 e. The van der Waals surface area contributed by atoms with Crippen molar-refractivity contribution < 1.29 is 19.0 Å². The fourth-order valence-corrected chi connectivity index (χ4v) is 2.00. The zero-order valence-electron chi connectivity index (χ0n) is 12.0. The molecule has 114 valence electrons. The van der Waals surface area contributed by atoms with Gasteiger partial charge in [0.2, 0.25) is 0 Å². The first-order chi connectivity index (χ1) is 9.99. The highest BCUT2D eigenvalue weighted by atomic mass is 16.6. The van der Waals surface area contributed by atoms with Gasteiger partial charge in [0.25, 0.3) is 11.8 Å². The molecule has 0 saturated heterocycles. The molecule has 1 atom stereocenters. The van der Waals surface area contributed by atoms with Gasteiger partial charge in [-0.2, -0.15) is 0 Å². The van der Waals surface area contributed by atoms with Crippen molar-refractivity contribution in [2.24, 2.45) is 0 Å². The highest BCUT2D eigenvalue weighted by Crippen LogP contribution is 2.12. The summed E-state index contributed by atoms with van der Waals surface area (Å²) in [6.07, 6.45) is 0. The second-order valence-corrected chi connectivity index (χ2v) is 4.62. The van der Waals surface area contributed by atoms with E-state index in [-0.39, 0.29) is 24.6 Å². The number of hydrogen-bond acceptors (Lipinski definition) is 6. The zero-order chi connectivity index (χ0) is 15.4. The van der Waals surface area contributed by atoms with Gasteiger partial charge < -0.3 is 20.7 Å². The Kier molecular flexibility index (Phi) is 4.41. The lowest BCUT2D eigenvalue weighted by Gasteiger charge is -2.25. The van der Waals surface area contributed by atoms with Crippen LogP contribution in [0.1, 0.15) is 19.5 Å². The van der Waals surface area contributed by atoms with Gasteiger partial charge in [-0.3, -0.25) is 4.79 Å². The van der Waals surface area contributed by atoms with Gasteiger partial charge >= 0.3 is 6.03 Å². The number of urea groups is 1. The van der Waals surface area contributed by atoms with Crippen LogP contribution in [0.25, 0.3) is 0 Å². The lowest BCUT2D eigenvalue weighted by atomic mass is 10.0.